The molecule has 0 bridgehead atoms. The second kappa shape index (κ2) is 5.29. The van der Waals surface area contributed by atoms with Gasteiger partial charge in [-0.15, -0.1) is 0 Å². The van der Waals surface area contributed by atoms with E-state index in [0.29, 0.717) is 11.7 Å². The minimum Gasteiger partial charge on any atom is -0.334 e. The first kappa shape index (κ1) is 12.5. The zero-order valence-corrected chi connectivity index (χ0v) is 11.6. The SMILES string of the molecule is c1cncc(-c2nc(-c3ccc(-n4cccc4)cc3)no2)c1. The van der Waals surface area contributed by atoms with Crippen molar-refractivity contribution in [3.05, 3.63) is 73.3 Å². The molecule has 0 saturated carbocycles. The molecule has 5 heteroatoms. The lowest BCUT2D eigenvalue weighted by molar-refractivity contribution is 0.432. The van der Waals surface area contributed by atoms with Crippen LogP contribution in [0.5, 0.6) is 0 Å². The van der Waals surface area contributed by atoms with Crippen LogP contribution in [0.3, 0.4) is 0 Å². The maximum Gasteiger partial charge on any atom is 0.259 e. The summed E-state index contributed by atoms with van der Waals surface area (Å²) in [6, 6.07) is 15.7. The van der Waals surface area contributed by atoms with Crippen molar-refractivity contribution in [2.24, 2.45) is 0 Å². The number of nitrogens with zero attached hydrogens (tertiary/aromatic N) is 4. The summed E-state index contributed by atoms with van der Waals surface area (Å²) in [5.74, 6) is 1.04. The molecule has 3 heterocycles. The molecule has 4 rings (SSSR count). The molecular formula is C17H12N4O. The first-order valence-corrected chi connectivity index (χ1v) is 6.88. The molecule has 0 saturated heterocycles. The number of hydrogen-bond acceptors (Lipinski definition) is 4. The van der Waals surface area contributed by atoms with Crippen molar-refractivity contribution >= 4 is 0 Å². The number of hydrogen-bond donors (Lipinski definition) is 0. The monoisotopic (exact) mass is 288 g/mol. The Labute approximate surface area is 126 Å². The third-order valence-electron chi connectivity index (χ3n) is 3.36. The Hall–Kier alpha value is -3.21. The van der Waals surface area contributed by atoms with Crippen LogP contribution in [0.15, 0.2) is 77.8 Å². The predicted molar refractivity (Wildman–Crippen MR) is 82.3 cm³/mol. The third kappa shape index (κ3) is 2.29. The van der Waals surface area contributed by atoms with Crippen LogP contribution >= 0.6 is 0 Å². The molecule has 0 aliphatic rings. The van der Waals surface area contributed by atoms with E-state index >= 15 is 0 Å². The summed E-state index contributed by atoms with van der Waals surface area (Å²) in [4.78, 5) is 8.47. The summed E-state index contributed by atoms with van der Waals surface area (Å²) in [5, 5.41) is 4.03. The van der Waals surface area contributed by atoms with Gasteiger partial charge in [-0.2, -0.15) is 4.98 Å². The van der Waals surface area contributed by atoms with Crippen LogP contribution in [-0.4, -0.2) is 19.7 Å². The highest BCUT2D eigenvalue weighted by molar-refractivity contribution is 5.60. The van der Waals surface area contributed by atoms with Crippen LogP contribution in [0.25, 0.3) is 28.5 Å². The number of aromatic nitrogens is 4. The molecule has 106 valence electrons. The number of rotatable bonds is 3. The van der Waals surface area contributed by atoms with Gasteiger partial charge in [-0.1, -0.05) is 5.16 Å². The van der Waals surface area contributed by atoms with E-state index in [-0.39, 0.29) is 0 Å². The van der Waals surface area contributed by atoms with Crippen LogP contribution < -0.4 is 0 Å². The number of pyridine rings is 1. The fourth-order valence-corrected chi connectivity index (χ4v) is 2.24. The second-order valence-electron chi connectivity index (χ2n) is 4.80. The Kier molecular flexibility index (Phi) is 3.01. The number of benzene rings is 1. The van der Waals surface area contributed by atoms with Crippen molar-refractivity contribution in [1.29, 1.82) is 0 Å². The molecule has 0 aliphatic carbocycles. The summed E-state index contributed by atoms with van der Waals surface area (Å²) in [6.45, 7) is 0. The smallest absolute Gasteiger partial charge is 0.259 e. The normalized spacial score (nSPS) is 10.7. The van der Waals surface area contributed by atoms with E-state index in [1.807, 2.05) is 65.5 Å². The van der Waals surface area contributed by atoms with Gasteiger partial charge in [0.1, 0.15) is 0 Å². The van der Waals surface area contributed by atoms with Gasteiger partial charge >= 0.3 is 0 Å². The molecule has 0 amide bonds. The maximum atomic E-state index is 5.30. The topological polar surface area (TPSA) is 56.7 Å². The Balaban J connectivity index is 1.64. The summed E-state index contributed by atoms with van der Waals surface area (Å²) < 4.78 is 7.34. The van der Waals surface area contributed by atoms with Gasteiger partial charge in [0, 0.05) is 36.0 Å². The van der Waals surface area contributed by atoms with E-state index in [1.165, 1.54) is 0 Å². The molecule has 0 N–H and O–H groups in total. The molecule has 0 radical (unpaired) electrons. The second-order valence-corrected chi connectivity index (χ2v) is 4.80. The van der Waals surface area contributed by atoms with E-state index in [1.54, 1.807) is 12.4 Å². The zero-order valence-electron chi connectivity index (χ0n) is 11.6. The summed E-state index contributed by atoms with van der Waals surface area (Å²) in [5.41, 5.74) is 2.81. The van der Waals surface area contributed by atoms with Gasteiger partial charge in [-0.25, -0.2) is 0 Å². The third-order valence-corrected chi connectivity index (χ3v) is 3.36. The van der Waals surface area contributed by atoms with Crippen molar-refractivity contribution < 1.29 is 4.52 Å². The van der Waals surface area contributed by atoms with Crippen LogP contribution in [-0.2, 0) is 0 Å². The molecular weight excluding hydrogens is 276 g/mol. The molecule has 4 aromatic rings. The first-order valence-electron chi connectivity index (χ1n) is 6.88. The van der Waals surface area contributed by atoms with Gasteiger partial charge in [-0.05, 0) is 48.5 Å². The summed E-state index contributed by atoms with van der Waals surface area (Å²) >= 11 is 0. The molecule has 0 unspecified atom stereocenters. The van der Waals surface area contributed by atoms with Crippen molar-refractivity contribution in [1.82, 2.24) is 19.7 Å². The van der Waals surface area contributed by atoms with E-state index in [2.05, 4.69) is 15.1 Å². The maximum absolute atomic E-state index is 5.30. The van der Waals surface area contributed by atoms with Crippen LogP contribution in [0.1, 0.15) is 0 Å². The molecule has 22 heavy (non-hydrogen) atoms. The average molecular weight is 288 g/mol. The predicted octanol–water partition coefficient (Wildman–Crippen LogP) is 3.59. The molecule has 5 nitrogen and oxygen atoms in total. The van der Waals surface area contributed by atoms with E-state index in [0.717, 1.165) is 16.8 Å². The average Bonchev–Trinajstić information content (AvgIpc) is 3.28. The highest BCUT2D eigenvalue weighted by Crippen LogP contribution is 2.22. The van der Waals surface area contributed by atoms with Gasteiger partial charge in [0.2, 0.25) is 5.82 Å². The molecule has 0 spiro atoms. The summed E-state index contributed by atoms with van der Waals surface area (Å²) in [7, 11) is 0. The van der Waals surface area contributed by atoms with Gasteiger partial charge in [0.25, 0.3) is 5.89 Å². The minimum absolute atomic E-state index is 0.470. The summed E-state index contributed by atoms with van der Waals surface area (Å²) in [6.07, 6.45) is 7.42. The largest absolute Gasteiger partial charge is 0.334 e. The lowest BCUT2D eigenvalue weighted by atomic mass is 10.2. The highest BCUT2D eigenvalue weighted by atomic mass is 16.5. The van der Waals surface area contributed by atoms with Crippen molar-refractivity contribution in [3.63, 3.8) is 0 Å². The quantitative estimate of drug-likeness (QED) is 0.578. The molecule has 0 atom stereocenters. The van der Waals surface area contributed by atoms with E-state index in [9.17, 15) is 0 Å². The van der Waals surface area contributed by atoms with E-state index < -0.39 is 0 Å². The zero-order chi connectivity index (χ0) is 14.8. The molecule has 3 aromatic heterocycles. The Morgan fingerprint density at radius 3 is 2.41 bits per heavy atom. The van der Waals surface area contributed by atoms with Gasteiger partial charge in [0.05, 0.1) is 5.56 Å². The van der Waals surface area contributed by atoms with Crippen LogP contribution in [0.2, 0.25) is 0 Å². The Bertz CT molecular complexity index is 865. The molecule has 0 aliphatic heterocycles. The van der Waals surface area contributed by atoms with Gasteiger partial charge < -0.3 is 9.09 Å². The van der Waals surface area contributed by atoms with Crippen LogP contribution in [0, 0.1) is 0 Å². The van der Waals surface area contributed by atoms with E-state index in [4.69, 9.17) is 4.52 Å². The van der Waals surface area contributed by atoms with Crippen molar-refractivity contribution in [2.45, 2.75) is 0 Å². The fraction of sp³-hybridized carbons (Fsp3) is 0. The molecule has 0 fully saturated rings. The standard InChI is InChI=1S/C17H12N4O/c1-2-11-21(10-1)15-7-5-13(6-8-15)16-19-17(22-20-16)14-4-3-9-18-12-14/h1-12H. The van der Waals surface area contributed by atoms with Gasteiger partial charge in [0.15, 0.2) is 0 Å². The first-order chi connectivity index (χ1) is 10.9. The lowest BCUT2D eigenvalue weighted by Crippen LogP contribution is -1.89. The van der Waals surface area contributed by atoms with Crippen molar-refractivity contribution in [3.8, 4) is 28.5 Å². The fourth-order valence-electron chi connectivity index (χ4n) is 2.24. The minimum atomic E-state index is 0.470. The van der Waals surface area contributed by atoms with Crippen LogP contribution in [0.4, 0.5) is 0 Å². The lowest BCUT2D eigenvalue weighted by Gasteiger charge is -2.02. The Morgan fingerprint density at radius 1 is 0.864 bits per heavy atom. The van der Waals surface area contributed by atoms with Gasteiger partial charge in [-0.3, -0.25) is 4.98 Å². The van der Waals surface area contributed by atoms with Crippen molar-refractivity contribution in [2.75, 3.05) is 0 Å². The Morgan fingerprint density at radius 2 is 1.68 bits per heavy atom. The highest BCUT2D eigenvalue weighted by Gasteiger charge is 2.10. The molecule has 1 aromatic carbocycles.